The van der Waals surface area contributed by atoms with Gasteiger partial charge in [0, 0.05) is 17.7 Å². The van der Waals surface area contributed by atoms with E-state index >= 15 is 0 Å². The summed E-state index contributed by atoms with van der Waals surface area (Å²) in [5.74, 6) is -0.323. The zero-order valence-electron chi connectivity index (χ0n) is 16.7. The molecular weight excluding hydrogens is 370 g/mol. The highest BCUT2D eigenvalue weighted by Crippen LogP contribution is 2.44. The number of hydrogen-bond donors (Lipinski definition) is 0. The van der Waals surface area contributed by atoms with Crippen molar-refractivity contribution in [2.75, 3.05) is 4.90 Å². The van der Waals surface area contributed by atoms with Crippen molar-refractivity contribution in [1.29, 1.82) is 0 Å². The van der Waals surface area contributed by atoms with Gasteiger partial charge in [-0.25, -0.2) is 0 Å². The summed E-state index contributed by atoms with van der Waals surface area (Å²) < 4.78 is 0. The van der Waals surface area contributed by atoms with Gasteiger partial charge in [0.05, 0.1) is 17.3 Å². The largest absolute Gasteiger partial charge is 0.332 e. The first-order chi connectivity index (χ1) is 14.6. The highest BCUT2D eigenvalue weighted by Gasteiger charge is 2.39. The lowest BCUT2D eigenvalue weighted by Gasteiger charge is -2.41. The Labute approximate surface area is 176 Å². The van der Waals surface area contributed by atoms with Crippen LogP contribution in [0.15, 0.2) is 96.2 Å². The van der Waals surface area contributed by atoms with Gasteiger partial charge in [0.2, 0.25) is 0 Å². The summed E-state index contributed by atoms with van der Waals surface area (Å²) in [6.07, 6.45) is 4.20. The Hall–Kier alpha value is -3.72. The number of rotatable bonds is 3. The maximum absolute atomic E-state index is 13.3. The van der Waals surface area contributed by atoms with Crippen LogP contribution in [0, 0.1) is 6.92 Å². The van der Waals surface area contributed by atoms with E-state index in [0.717, 1.165) is 16.8 Å². The number of benzene rings is 3. The molecule has 0 aliphatic carbocycles. The normalized spacial score (nSPS) is 17.6. The predicted octanol–water partition coefficient (Wildman–Crippen LogP) is 5.68. The van der Waals surface area contributed by atoms with Crippen molar-refractivity contribution in [2.24, 2.45) is 0 Å². The second-order valence-electron chi connectivity index (χ2n) is 7.77. The van der Waals surface area contributed by atoms with E-state index in [-0.39, 0.29) is 29.6 Å². The van der Waals surface area contributed by atoms with Crippen LogP contribution in [0.1, 0.15) is 39.5 Å². The van der Waals surface area contributed by atoms with Gasteiger partial charge in [-0.2, -0.15) is 0 Å². The van der Waals surface area contributed by atoms with Crippen LogP contribution in [0.25, 0.3) is 6.08 Å². The smallest absolute Gasteiger partial charge is 0.198 e. The molecule has 0 spiro atoms. The van der Waals surface area contributed by atoms with E-state index in [1.54, 1.807) is 12.1 Å². The van der Waals surface area contributed by atoms with E-state index in [0.29, 0.717) is 11.3 Å². The molecule has 0 saturated heterocycles. The van der Waals surface area contributed by atoms with Crippen LogP contribution in [0.4, 0.5) is 5.69 Å². The van der Waals surface area contributed by atoms with E-state index in [2.05, 4.69) is 30.0 Å². The number of anilines is 1. The fourth-order valence-corrected chi connectivity index (χ4v) is 4.38. The Kier molecular flexibility index (Phi) is 4.44. The molecule has 1 atom stereocenters. The zero-order chi connectivity index (χ0) is 20.7. The monoisotopic (exact) mass is 391 g/mol. The molecule has 0 saturated carbocycles. The van der Waals surface area contributed by atoms with E-state index in [9.17, 15) is 9.59 Å². The van der Waals surface area contributed by atoms with Gasteiger partial charge in [0.15, 0.2) is 11.6 Å². The molecule has 30 heavy (non-hydrogen) atoms. The van der Waals surface area contributed by atoms with Crippen LogP contribution in [-0.4, -0.2) is 11.6 Å². The van der Waals surface area contributed by atoms with Gasteiger partial charge in [-0.05, 0) is 36.3 Å². The molecular formula is C27H21NO2. The van der Waals surface area contributed by atoms with Crippen LogP contribution in [0.3, 0.4) is 0 Å². The fraction of sp³-hybridized carbons (Fsp3) is 0.111. The van der Waals surface area contributed by atoms with Crippen LogP contribution >= 0.6 is 0 Å². The second-order valence-corrected chi connectivity index (χ2v) is 7.77. The molecule has 3 heteroatoms. The first-order valence-corrected chi connectivity index (χ1v) is 10.1. The number of Topliss-reactive ketones (excluding diaryl/α,β-unsaturated/α-hetero) is 2. The third kappa shape index (κ3) is 3.00. The number of carbonyl (C=O) groups is 2. The molecule has 0 radical (unpaired) electrons. The third-order valence-corrected chi connectivity index (χ3v) is 5.80. The summed E-state index contributed by atoms with van der Waals surface area (Å²) in [5, 5.41) is 0. The van der Waals surface area contributed by atoms with E-state index in [1.807, 2.05) is 60.7 Å². The molecule has 2 aliphatic heterocycles. The number of carbonyl (C=O) groups excluding carboxylic acids is 2. The molecule has 0 fully saturated rings. The fourth-order valence-electron chi connectivity index (χ4n) is 4.38. The minimum atomic E-state index is -0.215. The first kappa shape index (κ1) is 18.3. The minimum absolute atomic E-state index is 0.107. The lowest BCUT2D eigenvalue weighted by atomic mass is 9.84. The Morgan fingerprint density at radius 2 is 1.60 bits per heavy atom. The average Bonchev–Trinajstić information content (AvgIpc) is 2.79. The molecule has 5 rings (SSSR count). The summed E-state index contributed by atoms with van der Waals surface area (Å²) in [5.41, 5.74) is 5.86. The SMILES string of the molecule is Cc1ccc2c(c1)C=CC1=C(C(=O)c3ccccc3)C(=O)CC(c3ccccc3)N12. The summed E-state index contributed by atoms with van der Waals surface area (Å²) in [7, 11) is 0. The molecule has 146 valence electrons. The number of allylic oxidation sites excluding steroid dienone is 2. The molecule has 0 aromatic heterocycles. The van der Waals surface area contributed by atoms with Crippen molar-refractivity contribution in [3.63, 3.8) is 0 Å². The van der Waals surface area contributed by atoms with Crippen molar-refractivity contribution in [2.45, 2.75) is 19.4 Å². The Balaban J connectivity index is 1.72. The third-order valence-electron chi connectivity index (χ3n) is 5.80. The van der Waals surface area contributed by atoms with Crippen molar-refractivity contribution in [3.8, 4) is 0 Å². The maximum atomic E-state index is 13.3. The van der Waals surface area contributed by atoms with Gasteiger partial charge in [0.25, 0.3) is 0 Å². The predicted molar refractivity (Wildman–Crippen MR) is 119 cm³/mol. The standard InChI is InChI=1S/C27H21NO2/c1-18-12-14-22-21(16-18)13-15-23-26(27(30)20-10-6-3-7-11-20)25(29)17-24(28(22)23)19-8-4-2-5-9-19/h2-16,24H,17H2,1H3. The molecule has 3 nitrogen and oxygen atoms in total. The van der Waals surface area contributed by atoms with Gasteiger partial charge < -0.3 is 4.90 Å². The van der Waals surface area contributed by atoms with Crippen molar-refractivity contribution in [3.05, 3.63) is 118 Å². The summed E-state index contributed by atoms with van der Waals surface area (Å²) >= 11 is 0. The lowest BCUT2D eigenvalue weighted by molar-refractivity contribution is -0.116. The Morgan fingerprint density at radius 1 is 0.900 bits per heavy atom. The number of fused-ring (bicyclic) bond motifs is 3. The van der Waals surface area contributed by atoms with Crippen LogP contribution in [0.5, 0.6) is 0 Å². The maximum Gasteiger partial charge on any atom is 0.198 e. The number of nitrogens with zero attached hydrogens (tertiary/aromatic N) is 1. The molecule has 0 amide bonds. The van der Waals surface area contributed by atoms with E-state index in [4.69, 9.17) is 0 Å². The quantitative estimate of drug-likeness (QED) is 0.426. The van der Waals surface area contributed by atoms with Crippen LogP contribution < -0.4 is 4.90 Å². The first-order valence-electron chi connectivity index (χ1n) is 10.1. The van der Waals surface area contributed by atoms with Crippen molar-refractivity contribution >= 4 is 23.3 Å². The second kappa shape index (κ2) is 7.27. The highest BCUT2D eigenvalue weighted by atomic mass is 16.1. The Morgan fingerprint density at radius 3 is 2.33 bits per heavy atom. The Bertz CT molecular complexity index is 1210. The molecule has 3 aromatic rings. The lowest BCUT2D eigenvalue weighted by Crippen LogP contribution is -2.39. The summed E-state index contributed by atoms with van der Waals surface area (Å²) in [6, 6.07) is 25.3. The van der Waals surface area contributed by atoms with Crippen LogP contribution in [0.2, 0.25) is 0 Å². The van der Waals surface area contributed by atoms with Crippen LogP contribution in [-0.2, 0) is 4.79 Å². The van der Waals surface area contributed by atoms with Gasteiger partial charge in [-0.1, -0.05) is 78.4 Å². The van der Waals surface area contributed by atoms with Gasteiger partial charge >= 0.3 is 0 Å². The average molecular weight is 391 g/mol. The topological polar surface area (TPSA) is 37.4 Å². The molecule has 0 bridgehead atoms. The highest BCUT2D eigenvalue weighted by molar-refractivity contribution is 6.28. The van der Waals surface area contributed by atoms with Gasteiger partial charge in [0.1, 0.15) is 0 Å². The van der Waals surface area contributed by atoms with Gasteiger partial charge in [-0.15, -0.1) is 0 Å². The molecule has 2 aliphatic rings. The zero-order valence-corrected chi connectivity index (χ0v) is 16.7. The van der Waals surface area contributed by atoms with Crippen molar-refractivity contribution < 1.29 is 9.59 Å². The van der Waals surface area contributed by atoms with Crippen molar-refractivity contribution in [1.82, 2.24) is 0 Å². The van der Waals surface area contributed by atoms with E-state index in [1.165, 1.54) is 5.56 Å². The number of ketones is 2. The number of aryl methyl sites for hydroxylation is 1. The number of hydrogen-bond acceptors (Lipinski definition) is 3. The van der Waals surface area contributed by atoms with E-state index < -0.39 is 0 Å². The van der Waals surface area contributed by atoms with Gasteiger partial charge in [-0.3, -0.25) is 9.59 Å². The molecule has 1 unspecified atom stereocenters. The minimum Gasteiger partial charge on any atom is -0.332 e. The molecule has 0 N–H and O–H groups in total. The molecule has 3 aromatic carbocycles. The molecule has 2 heterocycles. The summed E-state index contributed by atoms with van der Waals surface area (Å²) in [6.45, 7) is 2.07. The summed E-state index contributed by atoms with van der Waals surface area (Å²) in [4.78, 5) is 28.8.